The summed E-state index contributed by atoms with van der Waals surface area (Å²) in [5.74, 6) is 0.103. The Kier molecular flexibility index (Phi) is 6.53. The van der Waals surface area contributed by atoms with E-state index in [9.17, 15) is 9.59 Å². The maximum atomic E-state index is 13.1. The SMILES string of the molecule is CC[Si](CC)(CC)OC1C(=O)N(C(=O)c2ccccc2)C1C1CCCCC1. The van der Waals surface area contributed by atoms with E-state index in [4.69, 9.17) is 4.43 Å². The number of amides is 2. The summed E-state index contributed by atoms with van der Waals surface area (Å²) in [5.41, 5.74) is 0.593. The molecule has 1 aliphatic carbocycles. The van der Waals surface area contributed by atoms with Gasteiger partial charge in [-0.2, -0.15) is 0 Å². The van der Waals surface area contributed by atoms with E-state index in [1.165, 1.54) is 24.2 Å². The van der Waals surface area contributed by atoms with Crippen LogP contribution in [0, 0.1) is 5.92 Å². The van der Waals surface area contributed by atoms with Gasteiger partial charge in [-0.05, 0) is 49.0 Å². The fraction of sp³-hybridized carbons (Fsp3) is 0.636. The van der Waals surface area contributed by atoms with Gasteiger partial charge in [-0.3, -0.25) is 14.5 Å². The molecule has 148 valence electrons. The number of nitrogens with zero attached hydrogens (tertiary/aromatic N) is 1. The van der Waals surface area contributed by atoms with Crippen LogP contribution in [0.5, 0.6) is 0 Å². The van der Waals surface area contributed by atoms with Gasteiger partial charge < -0.3 is 4.43 Å². The van der Waals surface area contributed by atoms with Crippen LogP contribution in [0.3, 0.4) is 0 Å². The van der Waals surface area contributed by atoms with Crippen LogP contribution in [-0.4, -0.2) is 37.2 Å². The molecule has 27 heavy (non-hydrogen) atoms. The summed E-state index contributed by atoms with van der Waals surface area (Å²) in [7, 11) is -1.90. The first-order chi connectivity index (χ1) is 13.1. The highest BCUT2D eigenvalue weighted by atomic mass is 28.4. The maximum Gasteiger partial charge on any atom is 0.260 e. The molecule has 3 rings (SSSR count). The minimum absolute atomic E-state index is 0.0815. The summed E-state index contributed by atoms with van der Waals surface area (Å²) in [4.78, 5) is 27.7. The molecule has 1 saturated heterocycles. The van der Waals surface area contributed by atoms with Crippen molar-refractivity contribution in [3.63, 3.8) is 0 Å². The lowest BCUT2D eigenvalue weighted by Crippen LogP contribution is -2.71. The summed E-state index contributed by atoms with van der Waals surface area (Å²) >= 11 is 0. The van der Waals surface area contributed by atoms with Gasteiger partial charge in [0.15, 0.2) is 8.32 Å². The summed E-state index contributed by atoms with van der Waals surface area (Å²) < 4.78 is 6.61. The minimum Gasteiger partial charge on any atom is -0.403 e. The van der Waals surface area contributed by atoms with Crippen LogP contribution >= 0.6 is 0 Å². The van der Waals surface area contributed by atoms with Gasteiger partial charge in [-0.15, -0.1) is 0 Å². The molecule has 2 aliphatic rings. The van der Waals surface area contributed by atoms with Gasteiger partial charge in [0.1, 0.15) is 6.10 Å². The predicted octanol–water partition coefficient (Wildman–Crippen LogP) is 5.01. The Bertz CT molecular complexity index is 645. The lowest BCUT2D eigenvalue weighted by Gasteiger charge is -2.52. The molecule has 0 radical (unpaired) electrons. The Labute approximate surface area is 164 Å². The van der Waals surface area contributed by atoms with Gasteiger partial charge in [0.25, 0.3) is 11.8 Å². The van der Waals surface area contributed by atoms with Gasteiger partial charge in [-0.1, -0.05) is 58.2 Å². The Morgan fingerprint density at radius 1 is 1.04 bits per heavy atom. The number of hydrogen-bond donors (Lipinski definition) is 0. The zero-order chi connectivity index (χ0) is 19.4. The molecule has 2 amide bonds. The van der Waals surface area contributed by atoms with Gasteiger partial charge >= 0.3 is 0 Å². The number of imide groups is 1. The van der Waals surface area contributed by atoms with E-state index >= 15 is 0 Å². The van der Waals surface area contributed by atoms with Crippen molar-refractivity contribution in [2.75, 3.05) is 0 Å². The molecule has 0 bridgehead atoms. The topological polar surface area (TPSA) is 46.6 Å². The molecule has 1 saturated carbocycles. The van der Waals surface area contributed by atoms with Gasteiger partial charge in [-0.25, -0.2) is 0 Å². The van der Waals surface area contributed by atoms with Gasteiger partial charge in [0, 0.05) is 5.56 Å². The van der Waals surface area contributed by atoms with Crippen molar-refractivity contribution in [3.8, 4) is 0 Å². The van der Waals surface area contributed by atoms with Crippen LogP contribution in [0.25, 0.3) is 0 Å². The smallest absolute Gasteiger partial charge is 0.260 e. The van der Waals surface area contributed by atoms with Gasteiger partial charge in [0.2, 0.25) is 0 Å². The second kappa shape index (κ2) is 8.70. The standard InChI is InChI=1S/C22H33NO3Si/c1-4-27(5-2,6-3)26-20-19(17-13-9-7-10-14-17)23(22(20)25)21(24)18-15-11-8-12-16-18/h8,11-12,15-17,19-20H,4-7,9-10,13-14H2,1-3H3. The van der Waals surface area contributed by atoms with Crippen molar-refractivity contribution < 1.29 is 14.0 Å². The Morgan fingerprint density at radius 3 is 2.19 bits per heavy atom. The van der Waals surface area contributed by atoms with Crippen molar-refractivity contribution in [3.05, 3.63) is 35.9 Å². The molecule has 0 aromatic heterocycles. The van der Waals surface area contributed by atoms with Crippen LogP contribution in [0.4, 0.5) is 0 Å². The molecule has 0 spiro atoms. The molecule has 5 heteroatoms. The summed E-state index contributed by atoms with van der Waals surface area (Å²) in [6, 6.07) is 12.2. The molecular formula is C22H33NO3Si. The average molecular weight is 388 g/mol. The van der Waals surface area contributed by atoms with E-state index in [0.717, 1.165) is 31.0 Å². The minimum atomic E-state index is -1.90. The highest BCUT2D eigenvalue weighted by molar-refractivity contribution is 6.73. The number of rotatable bonds is 7. The van der Waals surface area contributed by atoms with E-state index in [-0.39, 0.29) is 17.9 Å². The van der Waals surface area contributed by atoms with E-state index in [0.29, 0.717) is 11.5 Å². The van der Waals surface area contributed by atoms with Crippen LogP contribution in [0.2, 0.25) is 18.1 Å². The normalized spacial score (nSPS) is 24.0. The molecule has 1 heterocycles. The van der Waals surface area contributed by atoms with Crippen LogP contribution in [-0.2, 0) is 9.22 Å². The zero-order valence-corrected chi connectivity index (χ0v) is 17.9. The van der Waals surface area contributed by atoms with Crippen molar-refractivity contribution in [2.24, 2.45) is 5.92 Å². The third-order valence-electron chi connectivity index (χ3n) is 6.77. The van der Waals surface area contributed by atoms with Crippen molar-refractivity contribution >= 4 is 20.1 Å². The third-order valence-corrected chi connectivity index (χ3v) is 11.4. The maximum absolute atomic E-state index is 13.1. The quantitative estimate of drug-likeness (QED) is 0.375. The van der Waals surface area contributed by atoms with Crippen LogP contribution < -0.4 is 0 Å². The molecule has 1 aromatic rings. The van der Waals surface area contributed by atoms with Crippen molar-refractivity contribution in [2.45, 2.75) is 83.2 Å². The van der Waals surface area contributed by atoms with E-state index in [2.05, 4.69) is 20.8 Å². The molecule has 4 nitrogen and oxygen atoms in total. The van der Waals surface area contributed by atoms with E-state index < -0.39 is 14.4 Å². The summed E-state index contributed by atoms with van der Waals surface area (Å²) in [6.07, 6.45) is 5.41. The monoisotopic (exact) mass is 387 g/mol. The summed E-state index contributed by atoms with van der Waals surface area (Å²) in [6.45, 7) is 6.56. The fourth-order valence-corrected chi connectivity index (χ4v) is 7.54. The number of carbonyl (C=O) groups is 2. The molecule has 1 aliphatic heterocycles. The number of carbonyl (C=O) groups excluding carboxylic acids is 2. The molecule has 1 aromatic carbocycles. The number of hydrogen-bond acceptors (Lipinski definition) is 3. The average Bonchev–Trinajstić information content (AvgIpc) is 2.74. The first-order valence-electron chi connectivity index (χ1n) is 10.7. The molecule has 2 unspecified atom stereocenters. The lowest BCUT2D eigenvalue weighted by molar-refractivity contribution is -0.163. The Balaban J connectivity index is 1.85. The fourth-order valence-electron chi connectivity index (χ4n) is 4.76. The number of likely N-dealkylation sites (tertiary alicyclic amines) is 1. The highest BCUT2D eigenvalue weighted by Gasteiger charge is 2.56. The van der Waals surface area contributed by atoms with E-state index in [1.54, 1.807) is 12.1 Å². The number of benzene rings is 1. The molecule has 0 N–H and O–H groups in total. The zero-order valence-electron chi connectivity index (χ0n) is 16.9. The largest absolute Gasteiger partial charge is 0.403 e. The predicted molar refractivity (Wildman–Crippen MR) is 110 cm³/mol. The van der Waals surface area contributed by atoms with Crippen molar-refractivity contribution in [1.29, 1.82) is 0 Å². The highest BCUT2D eigenvalue weighted by Crippen LogP contribution is 2.40. The van der Waals surface area contributed by atoms with Crippen molar-refractivity contribution in [1.82, 2.24) is 4.90 Å². The summed E-state index contributed by atoms with van der Waals surface area (Å²) in [5, 5.41) is 0. The van der Waals surface area contributed by atoms with Gasteiger partial charge in [0.05, 0.1) is 6.04 Å². The Morgan fingerprint density at radius 2 is 1.63 bits per heavy atom. The Hall–Kier alpha value is -1.46. The first-order valence-corrected chi connectivity index (χ1v) is 13.2. The van der Waals surface area contributed by atoms with Crippen LogP contribution in [0.15, 0.2) is 30.3 Å². The second-order valence-corrected chi connectivity index (χ2v) is 12.8. The third kappa shape index (κ3) is 3.90. The van der Waals surface area contributed by atoms with Crippen LogP contribution in [0.1, 0.15) is 63.2 Å². The van der Waals surface area contributed by atoms with E-state index in [1.807, 2.05) is 18.2 Å². The lowest BCUT2D eigenvalue weighted by atomic mass is 9.76. The molecular weight excluding hydrogens is 354 g/mol. The number of β-lactam (4-membered cyclic amide) rings is 1. The molecule has 2 fully saturated rings. The molecule has 2 atom stereocenters. The second-order valence-electron chi connectivity index (χ2n) is 8.05. The first kappa shape index (κ1) is 20.3.